The summed E-state index contributed by atoms with van der Waals surface area (Å²) in [5.74, 6) is -1.23. The molecular weight excluding hydrogens is 278 g/mol. The van der Waals surface area contributed by atoms with E-state index in [0.717, 1.165) is 31.2 Å². The van der Waals surface area contributed by atoms with E-state index in [1.165, 1.54) is 4.90 Å². The summed E-state index contributed by atoms with van der Waals surface area (Å²) in [6.07, 6.45) is 3.84. The Hall–Kier alpha value is -1.55. The molecule has 0 aliphatic heterocycles. The zero-order valence-corrected chi connectivity index (χ0v) is 12.2. The molecule has 5 heteroatoms. The number of carboxylic acid groups (broad SMARTS) is 1. The van der Waals surface area contributed by atoms with Crippen molar-refractivity contribution in [2.75, 3.05) is 6.54 Å². The van der Waals surface area contributed by atoms with E-state index in [9.17, 15) is 9.59 Å². The number of amides is 1. The average Bonchev–Trinajstić information content (AvgIpc) is 2.87. The summed E-state index contributed by atoms with van der Waals surface area (Å²) in [5, 5.41) is 9.52. The Labute approximate surface area is 123 Å². The van der Waals surface area contributed by atoms with E-state index >= 15 is 0 Å². The van der Waals surface area contributed by atoms with Crippen LogP contribution in [0.3, 0.4) is 0 Å². The summed E-state index contributed by atoms with van der Waals surface area (Å²) in [7, 11) is 0. The highest BCUT2D eigenvalue weighted by Gasteiger charge is 2.29. The summed E-state index contributed by atoms with van der Waals surface area (Å²) in [4.78, 5) is 25.1. The van der Waals surface area contributed by atoms with Gasteiger partial charge in [0.25, 0.3) is 5.91 Å². The Morgan fingerprint density at radius 2 is 1.95 bits per heavy atom. The number of carbonyl (C=O) groups excluding carboxylic acids is 1. The van der Waals surface area contributed by atoms with E-state index in [1.807, 2.05) is 6.92 Å². The number of carboxylic acids is 1. The van der Waals surface area contributed by atoms with Crippen molar-refractivity contribution in [1.82, 2.24) is 4.90 Å². The zero-order valence-electron chi connectivity index (χ0n) is 11.4. The number of hydrogen-bond donors (Lipinski definition) is 1. The molecule has 0 bridgehead atoms. The maximum absolute atomic E-state index is 12.6. The third-order valence-electron chi connectivity index (χ3n) is 3.62. The van der Waals surface area contributed by atoms with Gasteiger partial charge in [-0.3, -0.25) is 9.59 Å². The highest BCUT2D eigenvalue weighted by Crippen LogP contribution is 2.25. The van der Waals surface area contributed by atoms with Gasteiger partial charge in [0.05, 0.1) is 0 Å². The van der Waals surface area contributed by atoms with Gasteiger partial charge in [0.2, 0.25) is 0 Å². The highest BCUT2D eigenvalue weighted by molar-refractivity contribution is 6.31. The van der Waals surface area contributed by atoms with Gasteiger partial charge in [0.1, 0.15) is 6.54 Å². The van der Waals surface area contributed by atoms with Crippen LogP contribution in [0.1, 0.15) is 41.6 Å². The largest absolute Gasteiger partial charge is 0.480 e. The van der Waals surface area contributed by atoms with Crippen LogP contribution in [0.15, 0.2) is 18.2 Å². The molecule has 1 amide bonds. The van der Waals surface area contributed by atoms with Gasteiger partial charge >= 0.3 is 5.97 Å². The second-order valence-corrected chi connectivity index (χ2v) is 5.72. The van der Waals surface area contributed by atoms with Crippen molar-refractivity contribution in [1.29, 1.82) is 0 Å². The summed E-state index contributed by atoms with van der Waals surface area (Å²) >= 11 is 5.98. The fraction of sp³-hybridized carbons (Fsp3) is 0.467. The van der Waals surface area contributed by atoms with Crippen LogP contribution >= 0.6 is 11.6 Å². The second kappa shape index (κ2) is 6.27. The molecule has 2 rings (SSSR count). The van der Waals surface area contributed by atoms with Crippen LogP contribution in [0.4, 0.5) is 0 Å². The molecule has 0 unspecified atom stereocenters. The lowest BCUT2D eigenvalue weighted by Crippen LogP contribution is -2.42. The Morgan fingerprint density at radius 1 is 1.30 bits per heavy atom. The number of halogens is 1. The fourth-order valence-electron chi connectivity index (χ4n) is 2.75. The number of nitrogens with zero attached hydrogens (tertiary/aromatic N) is 1. The molecule has 0 heterocycles. The van der Waals surface area contributed by atoms with Gasteiger partial charge in [-0.15, -0.1) is 0 Å². The van der Waals surface area contributed by atoms with Gasteiger partial charge in [0.15, 0.2) is 0 Å². The minimum absolute atomic E-state index is 0.0258. The van der Waals surface area contributed by atoms with Gasteiger partial charge in [-0.25, -0.2) is 0 Å². The standard InChI is InChI=1S/C15H18ClNO3/c1-10-6-11(8-12(16)7-10)15(20)17(9-14(18)19)13-4-2-3-5-13/h6-8,13H,2-5,9H2,1H3,(H,18,19). The average molecular weight is 296 g/mol. The lowest BCUT2D eigenvalue weighted by molar-refractivity contribution is -0.138. The van der Waals surface area contributed by atoms with Crippen LogP contribution in [-0.2, 0) is 4.79 Å². The zero-order chi connectivity index (χ0) is 14.7. The molecule has 1 aromatic rings. The van der Waals surface area contributed by atoms with E-state index in [0.29, 0.717) is 10.6 Å². The van der Waals surface area contributed by atoms with E-state index in [4.69, 9.17) is 16.7 Å². The number of benzene rings is 1. The summed E-state index contributed by atoms with van der Waals surface area (Å²) in [6.45, 7) is 1.61. The summed E-state index contributed by atoms with van der Waals surface area (Å²) in [5.41, 5.74) is 1.35. The number of rotatable bonds is 4. The monoisotopic (exact) mass is 295 g/mol. The highest BCUT2D eigenvalue weighted by atomic mass is 35.5. The first-order valence-electron chi connectivity index (χ1n) is 6.77. The number of aryl methyl sites for hydroxylation is 1. The number of carbonyl (C=O) groups is 2. The molecule has 1 aromatic carbocycles. The quantitative estimate of drug-likeness (QED) is 0.928. The molecule has 1 saturated carbocycles. The molecule has 4 nitrogen and oxygen atoms in total. The fourth-order valence-corrected chi connectivity index (χ4v) is 3.04. The second-order valence-electron chi connectivity index (χ2n) is 5.28. The van der Waals surface area contributed by atoms with Crippen LogP contribution in [0.2, 0.25) is 5.02 Å². The van der Waals surface area contributed by atoms with E-state index < -0.39 is 5.97 Å². The van der Waals surface area contributed by atoms with Crippen LogP contribution in [0.25, 0.3) is 0 Å². The van der Waals surface area contributed by atoms with Gasteiger partial charge < -0.3 is 10.0 Å². The molecule has 0 radical (unpaired) electrons. The summed E-state index contributed by atoms with van der Waals surface area (Å²) < 4.78 is 0. The Balaban J connectivity index is 2.26. The van der Waals surface area contributed by atoms with Crippen molar-refractivity contribution in [3.05, 3.63) is 34.3 Å². The predicted molar refractivity (Wildman–Crippen MR) is 77.1 cm³/mol. The van der Waals surface area contributed by atoms with E-state index in [-0.39, 0.29) is 18.5 Å². The molecule has 20 heavy (non-hydrogen) atoms. The molecule has 1 aliphatic carbocycles. The SMILES string of the molecule is Cc1cc(Cl)cc(C(=O)N(CC(=O)O)C2CCCC2)c1. The van der Waals surface area contributed by atoms with Gasteiger partial charge in [-0.05, 0) is 43.5 Å². The molecule has 0 saturated heterocycles. The van der Waals surface area contributed by atoms with Crippen molar-refractivity contribution in [2.45, 2.75) is 38.6 Å². The first-order chi connectivity index (χ1) is 9.47. The molecule has 1 aliphatic rings. The van der Waals surface area contributed by atoms with Crippen LogP contribution in [0.5, 0.6) is 0 Å². The lowest BCUT2D eigenvalue weighted by atomic mass is 10.1. The predicted octanol–water partition coefficient (Wildman–Crippen LogP) is 3.12. The lowest BCUT2D eigenvalue weighted by Gasteiger charge is -2.27. The van der Waals surface area contributed by atoms with Crippen LogP contribution < -0.4 is 0 Å². The Bertz CT molecular complexity index is 504. The van der Waals surface area contributed by atoms with Crippen LogP contribution in [-0.4, -0.2) is 34.5 Å². The third-order valence-corrected chi connectivity index (χ3v) is 3.84. The summed E-state index contributed by atoms with van der Waals surface area (Å²) in [6, 6.07) is 5.15. The van der Waals surface area contributed by atoms with Crippen molar-refractivity contribution >= 4 is 23.5 Å². The van der Waals surface area contributed by atoms with Crippen molar-refractivity contribution in [2.24, 2.45) is 0 Å². The molecular formula is C15H18ClNO3. The third kappa shape index (κ3) is 3.51. The number of aliphatic carboxylic acids is 1. The maximum Gasteiger partial charge on any atom is 0.323 e. The molecule has 1 N–H and O–H groups in total. The van der Waals surface area contributed by atoms with Crippen molar-refractivity contribution in [3.8, 4) is 0 Å². The number of hydrogen-bond acceptors (Lipinski definition) is 2. The molecule has 108 valence electrons. The molecule has 0 spiro atoms. The van der Waals surface area contributed by atoms with E-state index in [2.05, 4.69) is 0 Å². The normalized spacial score (nSPS) is 15.3. The molecule has 0 atom stereocenters. The minimum Gasteiger partial charge on any atom is -0.480 e. The minimum atomic E-state index is -0.982. The van der Waals surface area contributed by atoms with Gasteiger partial charge in [0, 0.05) is 16.6 Å². The van der Waals surface area contributed by atoms with Gasteiger partial charge in [-0.1, -0.05) is 24.4 Å². The Kier molecular flexibility index (Phi) is 4.65. The maximum atomic E-state index is 12.6. The van der Waals surface area contributed by atoms with Crippen molar-refractivity contribution in [3.63, 3.8) is 0 Å². The van der Waals surface area contributed by atoms with Crippen LogP contribution in [0, 0.1) is 6.92 Å². The first-order valence-corrected chi connectivity index (χ1v) is 7.15. The van der Waals surface area contributed by atoms with Crippen molar-refractivity contribution < 1.29 is 14.7 Å². The Morgan fingerprint density at radius 3 is 2.50 bits per heavy atom. The topological polar surface area (TPSA) is 57.6 Å². The first kappa shape index (κ1) is 14.9. The molecule has 0 aromatic heterocycles. The van der Waals surface area contributed by atoms with Gasteiger partial charge in [-0.2, -0.15) is 0 Å². The van der Waals surface area contributed by atoms with E-state index in [1.54, 1.807) is 18.2 Å². The smallest absolute Gasteiger partial charge is 0.323 e. The molecule has 1 fully saturated rings.